The van der Waals surface area contributed by atoms with Gasteiger partial charge in [0.05, 0.1) is 0 Å². The molecule has 2 atom stereocenters. The maximum atomic E-state index is 12.3. The van der Waals surface area contributed by atoms with E-state index in [1.165, 1.54) is 22.2 Å². The number of aromatic nitrogens is 1. The Morgan fingerprint density at radius 2 is 1.74 bits per heavy atom. The highest BCUT2D eigenvalue weighted by atomic mass is 16.1. The van der Waals surface area contributed by atoms with Gasteiger partial charge in [-0.3, -0.25) is 4.79 Å². The number of carbonyl (C=O) groups excluding carboxylic acids is 1. The predicted molar refractivity (Wildman–Crippen MR) is 111 cm³/mol. The zero-order valence-electron chi connectivity index (χ0n) is 16.6. The molecule has 1 aromatic heterocycles. The normalized spacial score (nSPS) is 20.6. The van der Waals surface area contributed by atoms with Crippen LogP contribution in [0.15, 0.2) is 54.6 Å². The number of carbonyl (C=O) groups is 1. The van der Waals surface area contributed by atoms with E-state index in [0.717, 1.165) is 18.5 Å². The summed E-state index contributed by atoms with van der Waals surface area (Å²) in [6, 6.07) is 18.2. The molecule has 0 bridgehead atoms. The number of fused-ring (bicyclic) bond motifs is 1. The molecule has 1 saturated carbocycles. The summed E-state index contributed by atoms with van der Waals surface area (Å²) in [7, 11) is 2.16. The number of rotatable bonds is 5. The number of para-hydroxylation sites is 1. The van der Waals surface area contributed by atoms with Crippen LogP contribution in [0.25, 0.3) is 10.9 Å². The predicted octanol–water partition coefficient (Wildman–Crippen LogP) is 5.05. The fourth-order valence-corrected chi connectivity index (χ4v) is 4.83. The van der Waals surface area contributed by atoms with Crippen LogP contribution in [0.4, 0.5) is 0 Å². The summed E-state index contributed by atoms with van der Waals surface area (Å²) in [4.78, 5) is 12.3. The van der Waals surface area contributed by atoms with Crippen LogP contribution < -0.4 is 5.32 Å². The highest BCUT2D eigenvalue weighted by Gasteiger charge is 2.58. The molecule has 3 heteroatoms. The number of nitrogens with one attached hydrogen (secondary N) is 1. The Kier molecular flexibility index (Phi) is 4.33. The van der Waals surface area contributed by atoms with E-state index in [-0.39, 0.29) is 11.3 Å². The minimum Gasteiger partial charge on any atom is -0.352 e. The van der Waals surface area contributed by atoms with Gasteiger partial charge in [-0.25, -0.2) is 0 Å². The van der Waals surface area contributed by atoms with Crippen molar-refractivity contribution in [2.24, 2.45) is 18.4 Å². The average molecular weight is 361 g/mol. The van der Waals surface area contributed by atoms with Gasteiger partial charge >= 0.3 is 0 Å². The van der Waals surface area contributed by atoms with Crippen molar-refractivity contribution in [1.29, 1.82) is 0 Å². The highest BCUT2D eigenvalue weighted by molar-refractivity contribution is 5.94. The zero-order chi connectivity index (χ0) is 19.2. The molecule has 3 aromatic rings. The summed E-state index contributed by atoms with van der Waals surface area (Å²) in [6.07, 6.45) is 1.01. The van der Waals surface area contributed by atoms with Crippen LogP contribution >= 0.6 is 0 Å². The Morgan fingerprint density at radius 3 is 2.48 bits per heavy atom. The van der Waals surface area contributed by atoms with Crippen molar-refractivity contribution in [3.8, 4) is 0 Å². The van der Waals surface area contributed by atoms with Crippen molar-refractivity contribution in [1.82, 2.24) is 9.88 Å². The van der Waals surface area contributed by atoms with Gasteiger partial charge < -0.3 is 9.88 Å². The Hall–Kier alpha value is -2.55. The third kappa shape index (κ3) is 2.95. The lowest BCUT2D eigenvalue weighted by Gasteiger charge is -2.06. The quantitative estimate of drug-likeness (QED) is 0.679. The average Bonchev–Trinajstić information content (AvgIpc) is 3.11. The number of hydrogen-bond donors (Lipinski definition) is 1. The van der Waals surface area contributed by atoms with Gasteiger partial charge in [-0.1, -0.05) is 50.2 Å². The first-order valence-electron chi connectivity index (χ1n) is 9.80. The van der Waals surface area contributed by atoms with Crippen LogP contribution in [0, 0.1) is 18.3 Å². The van der Waals surface area contributed by atoms with Crippen molar-refractivity contribution in [3.05, 3.63) is 71.4 Å². The zero-order valence-corrected chi connectivity index (χ0v) is 16.6. The SMILES string of the molecule is Cc1c([C@H]2[C@H](CCNC(=O)c3ccccc3)C2(C)C)c2ccccc2n1C. The summed E-state index contributed by atoms with van der Waals surface area (Å²) in [5, 5.41) is 4.47. The van der Waals surface area contributed by atoms with E-state index in [1.54, 1.807) is 0 Å². The highest BCUT2D eigenvalue weighted by Crippen LogP contribution is 2.67. The first kappa shape index (κ1) is 17.8. The van der Waals surface area contributed by atoms with Gasteiger partial charge in [0.2, 0.25) is 0 Å². The van der Waals surface area contributed by atoms with Crippen molar-refractivity contribution < 1.29 is 4.79 Å². The van der Waals surface area contributed by atoms with Crippen LogP contribution in [0.3, 0.4) is 0 Å². The molecule has 2 aromatic carbocycles. The third-order valence-corrected chi connectivity index (χ3v) is 6.59. The van der Waals surface area contributed by atoms with Crippen LogP contribution in [0.1, 0.15) is 47.8 Å². The smallest absolute Gasteiger partial charge is 0.251 e. The molecule has 0 saturated heterocycles. The summed E-state index contributed by atoms with van der Waals surface area (Å²) < 4.78 is 2.31. The molecule has 0 aliphatic heterocycles. The number of nitrogens with zero attached hydrogens (tertiary/aromatic N) is 1. The molecule has 0 radical (unpaired) electrons. The van der Waals surface area contributed by atoms with Crippen molar-refractivity contribution >= 4 is 16.8 Å². The van der Waals surface area contributed by atoms with E-state index in [4.69, 9.17) is 0 Å². The molecule has 1 fully saturated rings. The second-order valence-corrected chi connectivity index (χ2v) is 8.39. The molecule has 1 aliphatic carbocycles. The second-order valence-electron chi connectivity index (χ2n) is 8.39. The molecule has 1 aliphatic rings. The lowest BCUT2D eigenvalue weighted by atomic mass is 10.0. The Labute approximate surface area is 161 Å². The van der Waals surface area contributed by atoms with Crippen LogP contribution in [-0.2, 0) is 7.05 Å². The monoisotopic (exact) mass is 360 g/mol. The van der Waals surface area contributed by atoms with Gasteiger partial charge in [0, 0.05) is 35.8 Å². The van der Waals surface area contributed by atoms with E-state index in [2.05, 4.69) is 62.0 Å². The molecule has 3 nitrogen and oxygen atoms in total. The standard InChI is InChI=1S/C24H28N2O/c1-16-21(18-12-8-9-13-20(18)26(16)4)22-19(24(22,2)3)14-15-25-23(27)17-10-6-5-7-11-17/h5-13,19,22H,14-15H2,1-4H3,(H,25,27)/t19-,22+/m0/s1. The van der Waals surface area contributed by atoms with Gasteiger partial charge in [-0.05, 0) is 54.4 Å². The largest absolute Gasteiger partial charge is 0.352 e. The number of benzene rings is 2. The Bertz CT molecular complexity index is 984. The van der Waals surface area contributed by atoms with Gasteiger partial charge in [0.15, 0.2) is 0 Å². The van der Waals surface area contributed by atoms with Crippen molar-refractivity contribution in [2.45, 2.75) is 33.1 Å². The number of aryl methyl sites for hydroxylation is 1. The van der Waals surface area contributed by atoms with Crippen LogP contribution in [0.2, 0.25) is 0 Å². The van der Waals surface area contributed by atoms with Gasteiger partial charge in [0.25, 0.3) is 5.91 Å². The molecule has 0 spiro atoms. The maximum absolute atomic E-state index is 12.3. The van der Waals surface area contributed by atoms with E-state index >= 15 is 0 Å². The topological polar surface area (TPSA) is 34.0 Å². The van der Waals surface area contributed by atoms with Gasteiger partial charge in [-0.15, -0.1) is 0 Å². The van der Waals surface area contributed by atoms with E-state index < -0.39 is 0 Å². The minimum atomic E-state index is 0.0203. The molecular formula is C24H28N2O. The molecule has 1 amide bonds. The summed E-state index contributed by atoms with van der Waals surface area (Å²) >= 11 is 0. The minimum absolute atomic E-state index is 0.0203. The summed E-state index contributed by atoms with van der Waals surface area (Å²) in [6.45, 7) is 7.69. The van der Waals surface area contributed by atoms with E-state index in [1.807, 2.05) is 30.3 Å². The number of amides is 1. The van der Waals surface area contributed by atoms with Gasteiger partial charge in [0.1, 0.15) is 0 Å². The molecule has 0 unspecified atom stereocenters. The molecular weight excluding hydrogens is 332 g/mol. The maximum Gasteiger partial charge on any atom is 0.251 e. The van der Waals surface area contributed by atoms with Crippen molar-refractivity contribution in [3.63, 3.8) is 0 Å². The molecule has 27 heavy (non-hydrogen) atoms. The first-order valence-corrected chi connectivity index (χ1v) is 9.80. The second kappa shape index (κ2) is 6.56. The fourth-order valence-electron chi connectivity index (χ4n) is 4.83. The summed E-state index contributed by atoms with van der Waals surface area (Å²) in [5.74, 6) is 1.17. The van der Waals surface area contributed by atoms with Crippen LogP contribution in [-0.4, -0.2) is 17.0 Å². The molecule has 1 N–H and O–H groups in total. The molecule has 4 rings (SSSR count). The third-order valence-electron chi connectivity index (χ3n) is 6.59. The van der Waals surface area contributed by atoms with Crippen molar-refractivity contribution in [2.75, 3.05) is 6.54 Å². The summed E-state index contributed by atoms with van der Waals surface area (Å²) in [5.41, 5.74) is 5.17. The van der Waals surface area contributed by atoms with E-state index in [0.29, 0.717) is 11.8 Å². The fraction of sp³-hybridized carbons (Fsp3) is 0.375. The van der Waals surface area contributed by atoms with Gasteiger partial charge in [-0.2, -0.15) is 0 Å². The molecule has 1 heterocycles. The van der Waals surface area contributed by atoms with E-state index in [9.17, 15) is 4.79 Å². The van der Waals surface area contributed by atoms with Crippen LogP contribution in [0.5, 0.6) is 0 Å². The Morgan fingerprint density at radius 1 is 1.07 bits per heavy atom. The lowest BCUT2D eigenvalue weighted by Crippen LogP contribution is -2.24. The number of hydrogen-bond acceptors (Lipinski definition) is 1. The lowest BCUT2D eigenvalue weighted by molar-refractivity contribution is 0.0952. The Balaban J connectivity index is 1.49. The first-order chi connectivity index (χ1) is 12.9. The molecule has 140 valence electrons.